The number of carbonyl (C=O) groups is 2. The smallest absolute Gasteiger partial charge is 0.306 e. The lowest BCUT2D eigenvalue weighted by Crippen LogP contribution is -2.29. The van der Waals surface area contributed by atoms with Crippen LogP contribution in [0.25, 0.3) is 0 Å². The van der Waals surface area contributed by atoms with Crippen molar-refractivity contribution in [1.29, 1.82) is 0 Å². The van der Waals surface area contributed by atoms with Gasteiger partial charge in [-0.15, -0.1) is 0 Å². The van der Waals surface area contributed by atoms with E-state index in [4.69, 9.17) is 28.3 Å². The van der Waals surface area contributed by atoms with Crippen molar-refractivity contribution in [3.05, 3.63) is 28.0 Å². The molecule has 1 aliphatic carbocycles. The van der Waals surface area contributed by atoms with Crippen LogP contribution in [0.5, 0.6) is 0 Å². The van der Waals surface area contributed by atoms with Crippen LogP contribution in [-0.2, 0) is 9.59 Å². The van der Waals surface area contributed by atoms with Gasteiger partial charge in [0.25, 0.3) is 0 Å². The fourth-order valence-corrected chi connectivity index (χ4v) is 3.04. The fourth-order valence-electron chi connectivity index (χ4n) is 2.49. The Balaban J connectivity index is 2.01. The van der Waals surface area contributed by atoms with Gasteiger partial charge in [-0.1, -0.05) is 23.2 Å². The second-order valence-electron chi connectivity index (χ2n) is 5.12. The number of amides is 1. The Labute approximate surface area is 131 Å². The molecule has 7 heteroatoms. The number of halogens is 3. The van der Waals surface area contributed by atoms with E-state index in [-0.39, 0.29) is 33.5 Å². The molecule has 0 aliphatic heterocycles. The van der Waals surface area contributed by atoms with E-state index >= 15 is 0 Å². The molecular weight excluding hydrogens is 320 g/mol. The first-order valence-corrected chi connectivity index (χ1v) is 7.32. The van der Waals surface area contributed by atoms with E-state index in [0.717, 1.165) is 12.1 Å². The van der Waals surface area contributed by atoms with Crippen LogP contribution in [0.4, 0.5) is 10.1 Å². The number of carboxylic acid groups (broad SMARTS) is 1. The number of carboxylic acids is 1. The van der Waals surface area contributed by atoms with Crippen LogP contribution < -0.4 is 5.32 Å². The molecule has 0 aromatic heterocycles. The molecular formula is C14H14Cl2FNO3. The number of benzene rings is 1. The minimum Gasteiger partial charge on any atom is -0.481 e. The highest BCUT2D eigenvalue weighted by atomic mass is 35.5. The van der Waals surface area contributed by atoms with E-state index in [1.54, 1.807) is 0 Å². The third-order valence-electron chi connectivity index (χ3n) is 3.70. The van der Waals surface area contributed by atoms with E-state index in [9.17, 15) is 14.0 Å². The molecule has 1 aromatic carbocycles. The molecule has 0 unspecified atom stereocenters. The first kappa shape index (κ1) is 16.0. The highest BCUT2D eigenvalue weighted by Crippen LogP contribution is 2.34. The maximum atomic E-state index is 13.1. The molecule has 0 bridgehead atoms. The Kier molecular flexibility index (Phi) is 5.06. The third-order valence-corrected chi connectivity index (χ3v) is 4.30. The van der Waals surface area contributed by atoms with Gasteiger partial charge in [0.1, 0.15) is 5.82 Å². The van der Waals surface area contributed by atoms with Gasteiger partial charge in [-0.05, 0) is 37.8 Å². The topological polar surface area (TPSA) is 66.4 Å². The summed E-state index contributed by atoms with van der Waals surface area (Å²) in [7, 11) is 0. The molecule has 0 saturated heterocycles. The molecule has 1 aromatic rings. The monoisotopic (exact) mass is 333 g/mol. The summed E-state index contributed by atoms with van der Waals surface area (Å²) in [5.74, 6) is -2.33. The zero-order valence-electron chi connectivity index (χ0n) is 11.0. The van der Waals surface area contributed by atoms with Crippen LogP contribution in [0.2, 0.25) is 10.0 Å². The second-order valence-corrected chi connectivity index (χ2v) is 5.93. The van der Waals surface area contributed by atoms with Crippen LogP contribution in [0.15, 0.2) is 12.1 Å². The van der Waals surface area contributed by atoms with Gasteiger partial charge in [0, 0.05) is 5.92 Å². The largest absolute Gasteiger partial charge is 0.481 e. The van der Waals surface area contributed by atoms with Crippen LogP contribution in [0, 0.1) is 17.7 Å². The van der Waals surface area contributed by atoms with Crippen LogP contribution in [0.3, 0.4) is 0 Å². The summed E-state index contributed by atoms with van der Waals surface area (Å²) in [5, 5.41) is 11.6. The molecule has 1 aliphatic rings. The van der Waals surface area contributed by atoms with Gasteiger partial charge in [0.05, 0.1) is 21.7 Å². The zero-order chi connectivity index (χ0) is 15.6. The van der Waals surface area contributed by atoms with Crippen LogP contribution >= 0.6 is 23.2 Å². The molecule has 0 atom stereocenters. The Morgan fingerprint density at radius 1 is 1.10 bits per heavy atom. The van der Waals surface area contributed by atoms with E-state index < -0.39 is 11.8 Å². The Bertz CT molecular complexity index is 548. The number of anilines is 1. The molecule has 0 spiro atoms. The second kappa shape index (κ2) is 6.62. The predicted molar refractivity (Wildman–Crippen MR) is 78.1 cm³/mol. The Morgan fingerprint density at radius 2 is 1.57 bits per heavy atom. The highest BCUT2D eigenvalue weighted by molar-refractivity contribution is 6.39. The third kappa shape index (κ3) is 3.86. The first-order chi connectivity index (χ1) is 9.88. The Morgan fingerprint density at radius 3 is 2.05 bits per heavy atom. The van der Waals surface area contributed by atoms with Crippen LogP contribution in [-0.4, -0.2) is 17.0 Å². The number of rotatable bonds is 3. The van der Waals surface area contributed by atoms with Crippen LogP contribution in [0.1, 0.15) is 25.7 Å². The van der Waals surface area contributed by atoms with Gasteiger partial charge in [-0.2, -0.15) is 0 Å². The molecule has 1 amide bonds. The van der Waals surface area contributed by atoms with E-state index in [2.05, 4.69) is 5.32 Å². The summed E-state index contributed by atoms with van der Waals surface area (Å²) in [6.07, 6.45) is 1.94. The van der Waals surface area contributed by atoms with Gasteiger partial charge in [-0.25, -0.2) is 4.39 Å². The number of nitrogens with one attached hydrogen (secondary N) is 1. The van der Waals surface area contributed by atoms with Crippen molar-refractivity contribution in [1.82, 2.24) is 0 Å². The number of hydrogen-bond donors (Lipinski definition) is 2. The summed E-state index contributed by atoms with van der Waals surface area (Å²) < 4.78 is 13.1. The summed E-state index contributed by atoms with van der Waals surface area (Å²) >= 11 is 11.7. The average Bonchev–Trinajstić information content (AvgIpc) is 2.42. The minimum atomic E-state index is -0.821. The van der Waals surface area contributed by atoms with Gasteiger partial charge >= 0.3 is 5.97 Å². The molecule has 21 heavy (non-hydrogen) atoms. The normalized spacial score (nSPS) is 21.9. The van der Waals surface area contributed by atoms with Gasteiger partial charge < -0.3 is 10.4 Å². The first-order valence-electron chi connectivity index (χ1n) is 6.56. The van der Waals surface area contributed by atoms with Gasteiger partial charge in [0.15, 0.2) is 0 Å². The van der Waals surface area contributed by atoms with E-state index in [1.165, 1.54) is 0 Å². The lowest BCUT2D eigenvalue weighted by Gasteiger charge is -2.25. The molecule has 0 radical (unpaired) electrons. The molecule has 0 heterocycles. The van der Waals surface area contributed by atoms with Crippen molar-refractivity contribution in [2.45, 2.75) is 25.7 Å². The SMILES string of the molecule is O=C(O)C1CCC(C(=O)Nc2c(Cl)cc(F)cc2Cl)CC1. The molecule has 1 fully saturated rings. The van der Waals surface area contributed by atoms with Crippen molar-refractivity contribution in [3.8, 4) is 0 Å². The van der Waals surface area contributed by atoms with E-state index in [1.807, 2.05) is 0 Å². The fraction of sp³-hybridized carbons (Fsp3) is 0.429. The number of carbonyl (C=O) groups excluding carboxylic acids is 1. The molecule has 114 valence electrons. The lowest BCUT2D eigenvalue weighted by atomic mass is 9.81. The number of hydrogen-bond acceptors (Lipinski definition) is 2. The predicted octanol–water partition coefficient (Wildman–Crippen LogP) is 3.96. The summed E-state index contributed by atoms with van der Waals surface area (Å²) in [5.41, 5.74) is 0.185. The average molecular weight is 334 g/mol. The zero-order valence-corrected chi connectivity index (χ0v) is 12.5. The molecule has 2 N–H and O–H groups in total. The quantitative estimate of drug-likeness (QED) is 0.879. The highest BCUT2D eigenvalue weighted by Gasteiger charge is 2.30. The molecule has 1 saturated carbocycles. The standard InChI is InChI=1S/C14H14Cl2FNO3/c15-10-5-9(17)6-11(16)12(10)18-13(19)7-1-3-8(4-2-7)14(20)21/h5-8H,1-4H2,(H,18,19)(H,20,21). The van der Waals surface area contributed by atoms with Gasteiger partial charge in [0.2, 0.25) is 5.91 Å². The maximum Gasteiger partial charge on any atom is 0.306 e. The molecule has 2 rings (SSSR count). The summed E-state index contributed by atoms with van der Waals surface area (Å²) in [4.78, 5) is 23.0. The minimum absolute atomic E-state index is 0.0348. The number of aliphatic carboxylic acids is 1. The van der Waals surface area contributed by atoms with Crippen molar-refractivity contribution < 1.29 is 19.1 Å². The summed E-state index contributed by atoms with van der Waals surface area (Å²) in [6, 6.07) is 2.15. The maximum absolute atomic E-state index is 13.1. The lowest BCUT2D eigenvalue weighted by molar-refractivity contribution is -0.143. The van der Waals surface area contributed by atoms with Crippen molar-refractivity contribution in [2.24, 2.45) is 11.8 Å². The Hall–Kier alpha value is -1.33. The van der Waals surface area contributed by atoms with Gasteiger partial charge in [-0.3, -0.25) is 9.59 Å². The van der Waals surface area contributed by atoms with Crippen molar-refractivity contribution >= 4 is 40.8 Å². The summed E-state index contributed by atoms with van der Waals surface area (Å²) in [6.45, 7) is 0. The van der Waals surface area contributed by atoms with Crippen molar-refractivity contribution in [3.63, 3.8) is 0 Å². The molecule has 4 nitrogen and oxygen atoms in total. The van der Waals surface area contributed by atoms with E-state index in [0.29, 0.717) is 25.7 Å². The van der Waals surface area contributed by atoms with Crippen molar-refractivity contribution in [2.75, 3.05) is 5.32 Å².